The van der Waals surface area contributed by atoms with Crippen LogP contribution in [0.1, 0.15) is 38.8 Å². The summed E-state index contributed by atoms with van der Waals surface area (Å²) in [6, 6.07) is 7.34. The van der Waals surface area contributed by atoms with E-state index in [4.69, 9.17) is 15.2 Å². The minimum Gasteiger partial charge on any atom is -0.478 e. The van der Waals surface area contributed by atoms with E-state index in [2.05, 4.69) is 0 Å². The Kier molecular flexibility index (Phi) is 5.65. The maximum atomic E-state index is 11.7. The van der Waals surface area contributed by atoms with Gasteiger partial charge in [0.05, 0.1) is 6.61 Å². The lowest BCUT2D eigenvalue weighted by Gasteiger charge is -2.19. The lowest BCUT2D eigenvalue weighted by Crippen LogP contribution is -2.29. The molecule has 1 aromatic rings. The van der Waals surface area contributed by atoms with Gasteiger partial charge in [-0.25, -0.2) is 4.79 Å². The van der Waals surface area contributed by atoms with Crippen molar-refractivity contribution in [3.8, 4) is 5.75 Å². The zero-order valence-corrected chi connectivity index (χ0v) is 11.2. The summed E-state index contributed by atoms with van der Waals surface area (Å²) in [5.74, 6) is 0.312. The van der Waals surface area contributed by atoms with Crippen molar-refractivity contribution in [2.24, 2.45) is 5.73 Å². The molecular formula is C14H21NO3. The Morgan fingerprint density at radius 1 is 1.33 bits per heavy atom. The third-order valence-corrected chi connectivity index (χ3v) is 2.60. The largest absolute Gasteiger partial charge is 0.478 e. The van der Waals surface area contributed by atoms with Crippen molar-refractivity contribution in [1.29, 1.82) is 0 Å². The highest BCUT2D eigenvalue weighted by molar-refractivity contribution is 5.75. The van der Waals surface area contributed by atoms with Crippen molar-refractivity contribution >= 4 is 5.97 Å². The molecule has 0 heterocycles. The van der Waals surface area contributed by atoms with Gasteiger partial charge in [0.1, 0.15) is 5.75 Å². The minimum atomic E-state index is -0.579. The summed E-state index contributed by atoms with van der Waals surface area (Å²) < 4.78 is 10.7. The number of rotatable bonds is 6. The van der Waals surface area contributed by atoms with E-state index in [1.54, 1.807) is 6.92 Å². The Bertz CT molecular complexity index is 390. The summed E-state index contributed by atoms with van der Waals surface area (Å²) in [5, 5.41) is 0. The molecule has 100 valence electrons. The van der Waals surface area contributed by atoms with Gasteiger partial charge in [-0.2, -0.15) is 0 Å². The maximum absolute atomic E-state index is 11.7. The summed E-state index contributed by atoms with van der Waals surface area (Å²) >= 11 is 0. The van der Waals surface area contributed by atoms with Crippen molar-refractivity contribution < 1.29 is 14.3 Å². The van der Waals surface area contributed by atoms with Crippen molar-refractivity contribution in [3.63, 3.8) is 0 Å². The van der Waals surface area contributed by atoms with Gasteiger partial charge in [-0.05, 0) is 26.3 Å². The van der Waals surface area contributed by atoms with Gasteiger partial charge >= 0.3 is 5.97 Å². The summed E-state index contributed by atoms with van der Waals surface area (Å²) in [6.45, 7) is 5.90. The van der Waals surface area contributed by atoms with Crippen LogP contribution in [0.3, 0.4) is 0 Å². The number of hydrogen-bond acceptors (Lipinski definition) is 4. The SMILES string of the molecule is CCOC(=O)C(CC)Oc1ccccc1[C@@H](C)N. The molecule has 0 aromatic heterocycles. The molecule has 1 rings (SSSR count). The molecule has 0 spiro atoms. The van der Waals surface area contributed by atoms with E-state index in [0.717, 1.165) is 5.56 Å². The molecule has 4 nitrogen and oxygen atoms in total. The first kappa shape index (κ1) is 14.5. The van der Waals surface area contributed by atoms with Crippen molar-refractivity contribution in [1.82, 2.24) is 0 Å². The zero-order chi connectivity index (χ0) is 13.5. The Morgan fingerprint density at radius 3 is 2.56 bits per heavy atom. The smallest absolute Gasteiger partial charge is 0.347 e. The second-order valence-electron chi connectivity index (χ2n) is 4.09. The van der Waals surface area contributed by atoms with E-state index in [-0.39, 0.29) is 12.0 Å². The molecule has 18 heavy (non-hydrogen) atoms. The zero-order valence-electron chi connectivity index (χ0n) is 11.2. The average molecular weight is 251 g/mol. The quantitative estimate of drug-likeness (QED) is 0.789. The summed E-state index contributed by atoms with van der Waals surface area (Å²) in [6.07, 6.45) is -0.0172. The molecule has 0 fully saturated rings. The highest BCUT2D eigenvalue weighted by Crippen LogP contribution is 2.25. The number of carbonyl (C=O) groups excluding carboxylic acids is 1. The number of ether oxygens (including phenoxy) is 2. The van der Waals surface area contributed by atoms with E-state index in [9.17, 15) is 4.79 Å². The van der Waals surface area contributed by atoms with Crippen LogP contribution in [0.25, 0.3) is 0 Å². The lowest BCUT2D eigenvalue weighted by atomic mass is 10.1. The molecule has 0 aliphatic carbocycles. The van der Waals surface area contributed by atoms with E-state index < -0.39 is 6.10 Å². The number of esters is 1. The van der Waals surface area contributed by atoms with E-state index in [1.165, 1.54) is 0 Å². The third kappa shape index (κ3) is 3.74. The molecule has 0 aliphatic heterocycles. The topological polar surface area (TPSA) is 61.5 Å². The predicted molar refractivity (Wildman–Crippen MR) is 70.4 cm³/mol. The van der Waals surface area contributed by atoms with Crippen LogP contribution in [0.2, 0.25) is 0 Å². The van der Waals surface area contributed by atoms with E-state index in [0.29, 0.717) is 18.8 Å². The fourth-order valence-electron chi connectivity index (χ4n) is 1.65. The van der Waals surface area contributed by atoms with E-state index >= 15 is 0 Å². The molecule has 0 amide bonds. The molecule has 4 heteroatoms. The van der Waals surface area contributed by atoms with Gasteiger partial charge in [-0.1, -0.05) is 25.1 Å². The number of hydrogen-bond donors (Lipinski definition) is 1. The Morgan fingerprint density at radius 2 is 2.00 bits per heavy atom. The Hall–Kier alpha value is -1.55. The van der Waals surface area contributed by atoms with Crippen LogP contribution in [0, 0.1) is 0 Å². The van der Waals surface area contributed by atoms with Gasteiger partial charge in [-0.3, -0.25) is 0 Å². The molecule has 2 N–H and O–H groups in total. The Labute approximate surface area is 108 Å². The van der Waals surface area contributed by atoms with Gasteiger partial charge < -0.3 is 15.2 Å². The fourth-order valence-corrected chi connectivity index (χ4v) is 1.65. The highest BCUT2D eigenvalue weighted by Gasteiger charge is 2.21. The van der Waals surface area contributed by atoms with Crippen LogP contribution in [-0.4, -0.2) is 18.7 Å². The van der Waals surface area contributed by atoms with Crippen LogP contribution in [0.4, 0.5) is 0 Å². The standard InChI is InChI=1S/C14H21NO3/c1-4-12(14(16)17-5-2)18-13-9-7-6-8-11(13)10(3)15/h6-10,12H,4-5,15H2,1-3H3/t10-,12?/m1/s1. The molecule has 0 saturated carbocycles. The average Bonchev–Trinajstić information content (AvgIpc) is 2.36. The van der Waals surface area contributed by atoms with Crippen molar-refractivity contribution in [3.05, 3.63) is 29.8 Å². The monoisotopic (exact) mass is 251 g/mol. The summed E-state index contributed by atoms with van der Waals surface area (Å²) in [5.41, 5.74) is 6.76. The second-order valence-corrected chi connectivity index (χ2v) is 4.09. The first-order chi connectivity index (χ1) is 8.60. The van der Waals surface area contributed by atoms with Crippen LogP contribution in [0.15, 0.2) is 24.3 Å². The molecular weight excluding hydrogens is 230 g/mol. The summed E-state index contributed by atoms with van der Waals surface area (Å²) in [7, 11) is 0. The number of para-hydroxylation sites is 1. The molecule has 0 aliphatic rings. The van der Waals surface area contributed by atoms with Crippen molar-refractivity contribution in [2.75, 3.05) is 6.61 Å². The highest BCUT2D eigenvalue weighted by atomic mass is 16.6. The predicted octanol–water partition coefficient (Wildman–Crippen LogP) is 2.43. The first-order valence-corrected chi connectivity index (χ1v) is 6.27. The summed E-state index contributed by atoms with van der Waals surface area (Å²) in [4.78, 5) is 11.7. The number of carbonyl (C=O) groups is 1. The van der Waals surface area contributed by atoms with Crippen LogP contribution < -0.4 is 10.5 Å². The molecule has 1 unspecified atom stereocenters. The molecule has 2 atom stereocenters. The van der Waals surface area contributed by atoms with Gasteiger partial charge in [-0.15, -0.1) is 0 Å². The number of nitrogens with two attached hydrogens (primary N) is 1. The first-order valence-electron chi connectivity index (χ1n) is 6.27. The van der Waals surface area contributed by atoms with Gasteiger partial charge in [0, 0.05) is 11.6 Å². The van der Waals surface area contributed by atoms with Crippen LogP contribution in [0.5, 0.6) is 5.75 Å². The third-order valence-electron chi connectivity index (χ3n) is 2.60. The second kappa shape index (κ2) is 7.01. The van der Waals surface area contributed by atoms with Crippen LogP contribution >= 0.6 is 0 Å². The molecule has 0 saturated heterocycles. The molecule has 0 radical (unpaired) electrons. The fraction of sp³-hybridized carbons (Fsp3) is 0.500. The van der Waals surface area contributed by atoms with Gasteiger partial charge in [0.25, 0.3) is 0 Å². The minimum absolute atomic E-state index is 0.138. The molecule has 0 bridgehead atoms. The lowest BCUT2D eigenvalue weighted by molar-refractivity contribution is -0.151. The number of benzene rings is 1. The van der Waals surface area contributed by atoms with Gasteiger partial charge in [0.2, 0.25) is 0 Å². The Balaban J connectivity index is 2.85. The van der Waals surface area contributed by atoms with Crippen molar-refractivity contribution in [2.45, 2.75) is 39.3 Å². The molecule has 1 aromatic carbocycles. The normalized spacial score (nSPS) is 13.8. The van der Waals surface area contributed by atoms with E-state index in [1.807, 2.05) is 38.1 Å². The van der Waals surface area contributed by atoms with Gasteiger partial charge in [0.15, 0.2) is 6.10 Å². The maximum Gasteiger partial charge on any atom is 0.347 e. The van der Waals surface area contributed by atoms with Crippen LogP contribution in [-0.2, 0) is 9.53 Å².